The fraction of sp³-hybridized carbons (Fsp3) is 0.438. The predicted molar refractivity (Wildman–Crippen MR) is 80.7 cm³/mol. The molecule has 0 radical (unpaired) electrons. The molecule has 0 amide bonds. The van der Waals surface area contributed by atoms with Crippen LogP contribution in [0.15, 0.2) is 30.5 Å². The molecule has 2 saturated heterocycles. The summed E-state index contributed by atoms with van der Waals surface area (Å²) in [7, 11) is 0. The van der Waals surface area contributed by atoms with Crippen LogP contribution in [0.25, 0.3) is 10.9 Å². The molecule has 4 heteroatoms. The van der Waals surface area contributed by atoms with E-state index in [4.69, 9.17) is 5.73 Å². The highest BCUT2D eigenvalue weighted by Crippen LogP contribution is 2.41. The summed E-state index contributed by atoms with van der Waals surface area (Å²) in [5.74, 6) is 0. The Morgan fingerprint density at radius 3 is 2.65 bits per heavy atom. The lowest BCUT2D eigenvalue weighted by molar-refractivity contribution is 0.126. The lowest BCUT2D eigenvalue weighted by Gasteiger charge is -2.39. The van der Waals surface area contributed by atoms with Crippen molar-refractivity contribution in [2.75, 3.05) is 10.6 Å². The number of rotatable bonds is 1. The molecular weight excluding hydrogens is 250 g/mol. The zero-order valence-corrected chi connectivity index (χ0v) is 11.4. The van der Waals surface area contributed by atoms with Gasteiger partial charge in [0.25, 0.3) is 0 Å². The number of nitrogen functional groups attached to an aromatic ring is 1. The maximum Gasteiger partial charge on any atom is 0.0743 e. The summed E-state index contributed by atoms with van der Waals surface area (Å²) in [5.41, 5.74) is 8.80. The fourth-order valence-electron chi connectivity index (χ4n) is 3.92. The molecular formula is C16H19N3O. The number of anilines is 2. The second kappa shape index (κ2) is 4.35. The zero-order chi connectivity index (χ0) is 13.7. The van der Waals surface area contributed by atoms with Gasteiger partial charge in [-0.3, -0.25) is 4.98 Å². The number of nitrogens with two attached hydrogens (primary N) is 1. The van der Waals surface area contributed by atoms with E-state index in [2.05, 4.69) is 22.0 Å². The number of fused-ring (bicyclic) bond motifs is 3. The first-order valence-corrected chi connectivity index (χ1v) is 7.33. The van der Waals surface area contributed by atoms with E-state index in [0.717, 1.165) is 29.4 Å². The third-order valence-corrected chi connectivity index (χ3v) is 4.73. The molecule has 2 aromatic rings. The van der Waals surface area contributed by atoms with Crippen LogP contribution in [0, 0.1) is 0 Å². The van der Waals surface area contributed by atoms with Crippen LogP contribution in [0.5, 0.6) is 0 Å². The van der Waals surface area contributed by atoms with Crippen LogP contribution in [0.3, 0.4) is 0 Å². The topological polar surface area (TPSA) is 62.4 Å². The zero-order valence-electron chi connectivity index (χ0n) is 11.4. The van der Waals surface area contributed by atoms with Gasteiger partial charge < -0.3 is 15.7 Å². The SMILES string of the molecule is Nc1ccc2c(N3C4CCC3CC(O)C4)ccnc2c1. The lowest BCUT2D eigenvalue weighted by Crippen LogP contribution is -2.44. The number of hydrogen-bond acceptors (Lipinski definition) is 4. The summed E-state index contributed by atoms with van der Waals surface area (Å²) in [4.78, 5) is 6.93. The summed E-state index contributed by atoms with van der Waals surface area (Å²) in [5, 5.41) is 11.1. The van der Waals surface area contributed by atoms with Crippen molar-refractivity contribution in [1.82, 2.24) is 4.98 Å². The molecule has 2 atom stereocenters. The monoisotopic (exact) mass is 269 g/mol. The van der Waals surface area contributed by atoms with E-state index >= 15 is 0 Å². The Labute approximate surface area is 118 Å². The second-order valence-electron chi connectivity index (χ2n) is 6.02. The van der Waals surface area contributed by atoms with Crippen molar-refractivity contribution in [3.05, 3.63) is 30.5 Å². The van der Waals surface area contributed by atoms with Gasteiger partial charge in [0.05, 0.1) is 11.6 Å². The second-order valence-corrected chi connectivity index (χ2v) is 6.02. The summed E-state index contributed by atoms with van der Waals surface area (Å²) >= 11 is 0. The minimum absolute atomic E-state index is 0.132. The maximum absolute atomic E-state index is 9.95. The summed E-state index contributed by atoms with van der Waals surface area (Å²) in [6, 6.07) is 8.96. The fourth-order valence-corrected chi connectivity index (χ4v) is 3.92. The molecule has 1 aromatic heterocycles. The molecule has 0 aliphatic carbocycles. The first-order chi connectivity index (χ1) is 9.72. The van der Waals surface area contributed by atoms with Crippen LogP contribution in [-0.4, -0.2) is 28.3 Å². The first-order valence-electron chi connectivity index (χ1n) is 7.33. The third-order valence-electron chi connectivity index (χ3n) is 4.73. The summed E-state index contributed by atoms with van der Waals surface area (Å²) < 4.78 is 0. The Kier molecular flexibility index (Phi) is 2.60. The smallest absolute Gasteiger partial charge is 0.0743 e. The number of aliphatic hydroxyl groups excluding tert-OH is 1. The van der Waals surface area contributed by atoms with Gasteiger partial charge in [-0.1, -0.05) is 0 Å². The lowest BCUT2D eigenvalue weighted by atomic mass is 9.98. The van der Waals surface area contributed by atoms with Gasteiger partial charge in [0.15, 0.2) is 0 Å². The predicted octanol–water partition coefficient (Wildman–Crippen LogP) is 2.31. The van der Waals surface area contributed by atoms with Gasteiger partial charge in [-0.15, -0.1) is 0 Å². The molecule has 2 aliphatic rings. The number of aliphatic hydroxyl groups is 1. The van der Waals surface area contributed by atoms with Crippen molar-refractivity contribution in [1.29, 1.82) is 0 Å². The van der Waals surface area contributed by atoms with Crippen molar-refractivity contribution in [2.45, 2.75) is 43.9 Å². The highest BCUT2D eigenvalue weighted by atomic mass is 16.3. The molecule has 3 heterocycles. The molecule has 0 spiro atoms. The maximum atomic E-state index is 9.95. The van der Waals surface area contributed by atoms with E-state index in [1.165, 1.54) is 18.5 Å². The number of hydrogen-bond donors (Lipinski definition) is 2. The van der Waals surface area contributed by atoms with Crippen molar-refractivity contribution in [3.63, 3.8) is 0 Å². The number of pyridine rings is 1. The van der Waals surface area contributed by atoms with Gasteiger partial charge in [0, 0.05) is 35.0 Å². The van der Waals surface area contributed by atoms with Crippen molar-refractivity contribution in [3.8, 4) is 0 Å². The average Bonchev–Trinajstić information content (AvgIpc) is 2.69. The Morgan fingerprint density at radius 2 is 1.90 bits per heavy atom. The molecule has 4 rings (SSSR count). The summed E-state index contributed by atoms with van der Waals surface area (Å²) in [6.07, 6.45) is 5.86. The minimum atomic E-state index is -0.132. The molecule has 2 fully saturated rings. The number of benzene rings is 1. The third kappa shape index (κ3) is 1.75. The Bertz CT molecular complexity index is 643. The van der Waals surface area contributed by atoms with Crippen LogP contribution in [0.2, 0.25) is 0 Å². The van der Waals surface area contributed by atoms with E-state index in [-0.39, 0.29) is 6.10 Å². The minimum Gasteiger partial charge on any atom is -0.399 e. The van der Waals surface area contributed by atoms with E-state index in [0.29, 0.717) is 12.1 Å². The van der Waals surface area contributed by atoms with E-state index in [1.807, 2.05) is 18.3 Å². The van der Waals surface area contributed by atoms with Gasteiger partial charge in [-0.2, -0.15) is 0 Å². The summed E-state index contributed by atoms with van der Waals surface area (Å²) in [6.45, 7) is 0. The molecule has 2 unspecified atom stereocenters. The first kappa shape index (κ1) is 12.0. The van der Waals surface area contributed by atoms with Gasteiger partial charge in [-0.05, 0) is 49.9 Å². The van der Waals surface area contributed by atoms with Gasteiger partial charge in [-0.25, -0.2) is 0 Å². The van der Waals surface area contributed by atoms with Crippen molar-refractivity contribution >= 4 is 22.3 Å². The number of nitrogens with zero attached hydrogens (tertiary/aromatic N) is 2. The van der Waals surface area contributed by atoms with E-state index in [1.54, 1.807) is 0 Å². The molecule has 4 nitrogen and oxygen atoms in total. The molecule has 1 aromatic carbocycles. The highest BCUT2D eigenvalue weighted by molar-refractivity contribution is 5.93. The van der Waals surface area contributed by atoms with Gasteiger partial charge in [0.2, 0.25) is 0 Å². The van der Waals surface area contributed by atoms with Crippen LogP contribution in [-0.2, 0) is 0 Å². The van der Waals surface area contributed by atoms with Crippen molar-refractivity contribution in [2.24, 2.45) is 0 Å². The Balaban J connectivity index is 1.83. The normalized spacial score (nSPS) is 29.1. The van der Waals surface area contributed by atoms with Crippen LogP contribution < -0.4 is 10.6 Å². The molecule has 104 valence electrons. The van der Waals surface area contributed by atoms with E-state index in [9.17, 15) is 5.11 Å². The van der Waals surface area contributed by atoms with Gasteiger partial charge >= 0.3 is 0 Å². The van der Waals surface area contributed by atoms with Crippen LogP contribution >= 0.6 is 0 Å². The largest absolute Gasteiger partial charge is 0.399 e. The Hall–Kier alpha value is -1.81. The van der Waals surface area contributed by atoms with Crippen molar-refractivity contribution < 1.29 is 5.11 Å². The average molecular weight is 269 g/mol. The molecule has 20 heavy (non-hydrogen) atoms. The van der Waals surface area contributed by atoms with Gasteiger partial charge in [0.1, 0.15) is 0 Å². The quantitative estimate of drug-likeness (QED) is 0.780. The van der Waals surface area contributed by atoms with Crippen LogP contribution in [0.4, 0.5) is 11.4 Å². The van der Waals surface area contributed by atoms with Crippen LogP contribution in [0.1, 0.15) is 25.7 Å². The van der Waals surface area contributed by atoms with E-state index < -0.39 is 0 Å². The molecule has 3 N–H and O–H groups in total. The number of aromatic nitrogens is 1. The molecule has 0 saturated carbocycles. The molecule has 2 aliphatic heterocycles. The Morgan fingerprint density at radius 1 is 1.15 bits per heavy atom. The number of piperidine rings is 1. The standard InChI is InChI=1S/C16H19N3O/c17-10-1-4-14-15(7-10)18-6-5-16(14)19-11-2-3-12(19)9-13(20)8-11/h1,4-7,11-13,20H,2-3,8-9,17H2. The highest BCUT2D eigenvalue weighted by Gasteiger charge is 2.40. The molecule has 2 bridgehead atoms.